The molecule has 2 aliphatic heterocycles. The topological polar surface area (TPSA) is 47.9 Å². The molecule has 0 aliphatic carbocycles. The van der Waals surface area contributed by atoms with Crippen LogP contribution in [0, 0.1) is 5.92 Å². The van der Waals surface area contributed by atoms with Crippen molar-refractivity contribution in [2.24, 2.45) is 5.92 Å². The highest BCUT2D eigenvalue weighted by Gasteiger charge is 2.61. The highest BCUT2D eigenvalue weighted by atomic mass is 127. The van der Waals surface area contributed by atoms with Crippen LogP contribution < -0.4 is 0 Å². The second-order valence-corrected chi connectivity index (χ2v) is 8.87. The van der Waals surface area contributed by atoms with E-state index in [4.69, 9.17) is 14.4 Å². The van der Waals surface area contributed by atoms with Gasteiger partial charge in [0.25, 0.3) is 0 Å². The Labute approximate surface area is 141 Å². The lowest BCUT2D eigenvalue weighted by Gasteiger charge is -2.52. The molecule has 19 heavy (non-hydrogen) atoms. The summed E-state index contributed by atoms with van der Waals surface area (Å²) in [5.74, 6) is 0.0142. The minimum absolute atomic E-state index is 0.0142. The van der Waals surface area contributed by atoms with E-state index in [1.807, 2.05) is 21.0 Å². The highest BCUT2D eigenvalue weighted by Crippen LogP contribution is 2.52. The molecule has 0 aromatic rings. The van der Waals surface area contributed by atoms with Gasteiger partial charge in [-0.1, -0.05) is 13.0 Å². The highest BCUT2D eigenvalue weighted by molar-refractivity contribution is 14.1. The fourth-order valence-corrected chi connectivity index (χ4v) is 4.24. The summed E-state index contributed by atoms with van der Waals surface area (Å²) in [7, 11) is 3.64. The Morgan fingerprint density at radius 1 is 1.42 bits per heavy atom. The van der Waals surface area contributed by atoms with Crippen LogP contribution in [0.15, 0.2) is 12.7 Å². The van der Waals surface area contributed by atoms with E-state index >= 15 is 0 Å². The molecule has 7 heteroatoms. The summed E-state index contributed by atoms with van der Waals surface area (Å²) < 4.78 is 4.39. The van der Waals surface area contributed by atoms with E-state index in [1.54, 1.807) is 6.08 Å². The number of fused-ring (bicyclic) bond motifs is 1. The fourth-order valence-electron chi connectivity index (χ4n) is 2.39. The molecule has 0 aromatic carbocycles. The number of rotatable bonds is 2. The van der Waals surface area contributed by atoms with Gasteiger partial charge in [0.05, 0.1) is 0 Å². The van der Waals surface area contributed by atoms with E-state index < -0.39 is 7.22 Å². The molecule has 2 aliphatic rings. The van der Waals surface area contributed by atoms with Gasteiger partial charge < -0.3 is 9.84 Å². The molecule has 2 heterocycles. The van der Waals surface area contributed by atoms with Gasteiger partial charge in [0, 0.05) is 12.3 Å². The van der Waals surface area contributed by atoms with Gasteiger partial charge in [-0.05, 0) is 50.0 Å². The lowest BCUT2D eigenvalue weighted by atomic mass is 9.90. The summed E-state index contributed by atoms with van der Waals surface area (Å²) in [6, 6.07) is 0. The number of ether oxygens (including phenoxy) is 1. The maximum absolute atomic E-state index is 10.8. The number of quaternary nitrogens is 1. The van der Waals surface area contributed by atoms with Crippen molar-refractivity contribution >= 4 is 45.2 Å². The van der Waals surface area contributed by atoms with Crippen LogP contribution in [0.2, 0.25) is 0 Å². The van der Waals surface area contributed by atoms with Crippen LogP contribution in [0.1, 0.15) is 13.3 Å². The van der Waals surface area contributed by atoms with Gasteiger partial charge in [0.1, 0.15) is 26.8 Å². The lowest BCUT2D eigenvalue weighted by Crippen LogP contribution is -2.66. The van der Waals surface area contributed by atoms with Crippen LogP contribution >= 0.6 is 45.2 Å². The third-order valence-electron chi connectivity index (χ3n) is 3.61. The minimum Gasteiger partial charge on any atom is -0.376 e. The number of halogens is 2. The standard InChI is InChI=1S/C12H20I2NO4/c1-5-8(2)12(14)11(13,16)6-9-10(18-12)7-17-15(3,4)19-9/h5,8-10,16H,1,6-7H2,2-4H3/q+1/t8-,9-,10-,11+,12+/m1/s1. The molecule has 0 saturated carbocycles. The molecule has 5 atom stereocenters. The molecule has 0 aromatic heterocycles. The molecule has 0 bridgehead atoms. The largest absolute Gasteiger partial charge is 0.376 e. The first-order valence-electron chi connectivity index (χ1n) is 6.19. The number of alkyl halides is 2. The smallest absolute Gasteiger partial charge is 0.163 e. The van der Waals surface area contributed by atoms with Crippen molar-refractivity contribution in [3.63, 3.8) is 0 Å². The maximum atomic E-state index is 10.8. The third kappa shape index (κ3) is 2.97. The van der Waals surface area contributed by atoms with Crippen molar-refractivity contribution in [1.29, 1.82) is 0 Å². The monoisotopic (exact) mass is 496 g/mol. The first-order chi connectivity index (χ1) is 8.61. The molecular weight excluding hydrogens is 476 g/mol. The van der Waals surface area contributed by atoms with E-state index in [0.717, 1.165) is 0 Å². The predicted molar refractivity (Wildman–Crippen MR) is 87.5 cm³/mol. The van der Waals surface area contributed by atoms with Crippen molar-refractivity contribution in [3.05, 3.63) is 12.7 Å². The van der Waals surface area contributed by atoms with E-state index in [1.165, 1.54) is 0 Å². The molecule has 0 amide bonds. The second kappa shape index (κ2) is 5.33. The summed E-state index contributed by atoms with van der Waals surface area (Å²) in [5.41, 5.74) is 0. The number of aliphatic hydroxyl groups is 1. The molecule has 2 rings (SSSR count). The summed E-state index contributed by atoms with van der Waals surface area (Å²) in [6.45, 7) is 6.26. The van der Waals surface area contributed by atoms with Crippen molar-refractivity contribution in [2.45, 2.75) is 32.8 Å². The number of hydroxylamine groups is 4. The van der Waals surface area contributed by atoms with Crippen LogP contribution in [-0.4, -0.2) is 50.0 Å². The van der Waals surface area contributed by atoms with Gasteiger partial charge in [-0.25, -0.2) is 0 Å². The van der Waals surface area contributed by atoms with Crippen molar-refractivity contribution in [2.75, 3.05) is 20.7 Å². The van der Waals surface area contributed by atoms with Crippen molar-refractivity contribution in [1.82, 2.24) is 0 Å². The molecule has 2 fully saturated rings. The van der Waals surface area contributed by atoms with Gasteiger partial charge in [0.2, 0.25) is 0 Å². The number of nitrogens with zero attached hydrogens (tertiary/aromatic N) is 1. The Morgan fingerprint density at radius 3 is 2.63 bits per heavy atom. The van der Waals surface area contributed by atoms with Gasteiger partial charge in [0.15, 0.2) is 13.3 Å². The van der Waals surface area contributed by atoms with E-state index in [0.29, 0.717) is 13.0 Å². The van der Waals surface area contributed by atoms with Gasteiger partial charge in [-0.15, -0.1) is 6.58 Å². The molecule has 2 saturated heterocycles. The molecule has 0 unspecified atom stereocenters. The van der Waals surface area contributed by atoms with Crippen LogP contribution in [0.4, 0.5) is 0 Å². The third-order valence-corrected chi connectivity index (χ3v) is 8.01. The molecule has 5 nitrogen and oxygen atoms in total. The molecule has 1 N–H and O–H groups in total. The average Bonchev–Trinajstić information content (AvgIpc) is 2.29. The Hall–Kier alpha value is 1.00. The molecule has 0 radical (unpaired) electrons. The van der Waals surface area contributed by atoms with Crippen LogP contribution in [0.3, 0.4) is 0 Å². The Balaban J connectivity index is 2.24. The van der Waals surface area contributed by atoms with E-state index in [-0.39, 0.29) is 22.9 Å². The van der Waals surface area contributed by atoms with Crippen molar-refractivity contribution < 1.29 is 24.3 Å². The van der Waals surface area contributed by atoms with E-state index in [2.05, 4.69) is 51.8 Å². The first kappa shape index (κ1) is 16.4. The second-order valence-electron chi connectivity index (χ2n) is 5.48. The zero-order chi connectivity index (χ0) is 14.5. The predicted octanol–water partition coefficient (Wildman–Crippen LogP) is 2.17. The number of hydrogen-bond donors (Lipinski definition) is 1. The summed E-state index contributed by atoms with van der Waals surface area (Å²) in [6.07, 6.45) is 1.97. The lowest BCUT2D eigenvalue weighted by molar-refractivity contribution is -1.23. The normalized spacial score (nSPS) is 47.3. The zero-order valence-corrected chi connectivity index (χ0v) is 15.6. The molecule has 110 valence electrons. The van der Waals surface area contributed by atoms with Gasteiger partial charge in [-0.3, -0.25) is 0 Å². The minimum atomic E-state index is -1.02. The summed E-state index contributed by atoms with van der Waals surface area (Å²) >= 11 is 4.25. The summed E-state index contributed by atoms with van der Waals surface area (Å²) in [4.78, 5) is 11.4. The van der Waals surface area contributed by atoms with Gasteiger partial charge in [-0.2, -0.15) is 9.68 Å². The fraction of sp³-hybridized carbons (Fsp3) is 0.833. The van der Waals surface area contributed by atoms with Crippen molar-refractivity contribution in [3.8, 4) is 0 Å². The maximum Gasteiger partial charge on any atom is 0.163 e. The molecule has 0 spiro atoms. The average molecular weight is 496 g/mol. The zero-order valence-electron chi connectivity index (χ0n) is 11.3. The quantitative estimate of drug-likeness (QED) is 0.276. The van der Waals surface area contributed by atoms with Crippen LogP contribution in [-0.2, 0) is 14.4 Å². The molecular formula is C12H20I2NO4+. The van der Waals surface area contributed by atoms with Crippen LogP contribution in [0.25, 0.3) is 0 Å². The Kier molecular flexibility index (Phi) is 4.59. The summed E-state index contributed by atoms with van der Waals surface area (Å²) in [5, 5.41) is 10.8. The van der Waals surface area contributed by atoms with Gasteiger partial charge >= 0.3 is 0 Å². The first-order valence-corrected chi connectivity index (χ1v) is 8.34. The van der Waals surface area contributed by atoms with Crippen LogP contribution in [0.5, 0.6) is 0 Å². The Bertz CT molecular complexity index is 377. The number of hydrogen-bond acceptors (Lipinski definition) is 4. The SMILES string of the molecule is C=C[C@@H](C)[C@]1(I)O[C@@H]2CO[N+](C)(C)O[C@@H]2C[C@@]1(O)I. The Morgan fingerprint density at radius 2 is 2.05 bits per heavy atom. The van der Waals surface area contributed by atoms with E-state index in [9.17, 15) is 5.11 Å².